The van der Waals surface area contributed by atoms with Gasteiger partial charge in [0.25, 0.3) is 5.91 Å². The molecular weight excluding hydrogens is 399 g/mol. The van der Waals surface area contributed by atoms with Gasteiger partial charge in [-0.2, -0.15) is 0 Å². The molecule has 29 heavy (non-hydrogen) atoms. The molecule has 3 N–H and O–H groups in total. The largest absolute Gasteiger partial charge is 0.336 e. The molecule has 2 aromatic carbocycles. The minimum atomic E-state index is -3.85. The smallest absolute Gasteiger partial charge is 0.256 e. The minimum Gasteiger partial charge on any atom is -0.336 e. The van der Waals surface area contributed by atoms with Gasteiger partial charge in [0, 0.05) is 31.9 Å². The summed E-state index contributed by atoms with van der Waals surface area (Å²) in [4.78, 5) is 28.0. The van der Waals surface area contributed by atoms with Gasteiger partial charge in [-0.1, -0.05) is 18.2 Å². The predicted octanol–water partition coefficient (Wildman–Crippen LogP) is 0.870. The second-order valence-electron chi connectivity index (χ2n) is 6.67. The third-order valence-electron chi connectivity index (χ3n) is 4.58. The first-order valence-corrected chi connectivity index (χ1v) is 10.5. The summed E-state index contributed by atoms with van der Waals surface area (Å²) in [7, 11) is -3.85. The van der Waals surface area contributed by atoms with E-state index in [0.717, 1.165) is 0 Å². The van der Waals surface area contributed by atoms with Gasteiger partial charge in [-0.15, -0.1) is 0 Å². The van der Waals surface area contributed by atoms with Gasteiger partial charge in [0.2, 0.25) is 15.9 Å². The Morgan fingerprint density at radius 1 is 1.03 bits per heavy atom. The number of nitrogens with two attached hydrogens (primary N) is 1. The van der Waals surface area contributed by atoms with Crippen molar-refractivity contribution in [3.63, 3.8) is 0 Å². The first-order chi connectivity index (χ1) is 13.7. The number of hydrogen-bond donors (Lipinski definition) is 2. The topological polar surface area (TPSA) is 113 Å². The van der Waals surface area contributed by atoms with E-state index in [1.165, 1.54) is 36.4 Å². The molecule has 8 nitrogen and oxygen atoms in total. The zero-order valence-corrected chi connectivity index (χ0v) is 16.4. The van der Waals surface area contributed by atoms with Gasteiger partial charge in [-0.05, 0) is 30.3 Å². The van der Waals surface area contributed by atoms with Gasteiger partial charge in [0.05, 0.1) is 17.0 Å². The van der Waals surface area contributed by atoms with Crippen LogP contribution >= 0.6 is 0 Å². The maximum atomic E-state index is 13.8. The Morgan fingerprint density at radius 2 is 1.72 bits per heavy atom. The van der Waals surface area contributed by atoms with Gasteiger partial charge in [-0.3, -0.25) is 14.5 Å². The summed E-state index contributed by atoms with van der Waals surface area (Å²) < 4.78 is 36.6. The fraction of sp³-hybridized carbons (Fsp3) is 0.263. The number of sulfonamides is 1. The molecular formula is C19H21FN4O4S. The Kier molecular flexibility index (Phi) is 6.26. The molecule has 1 fully saturated rings. The van der Waals surface area contributed by atoms with Crippen molar-refractivity contribution in [2.75, 3.05) is 38.0 Å². The van der Waals surface area contributed by atoms with E-state index >= 15 is 0 Å². The summed E-state index contributed by atoms with van der Waals surface area (Å²) in [6.45, 7) is 1.76. The summed E-state index contributed by atoms with van der Waals surface area (Å²) in [5, 5.41) is 7.73. The molecule has 0 unspecified atom stereocenters. The molecule has 0 saturated carbocycles. The predicted molar refractivity (Wildman–Crippen MR) is 105 cm³/mol. The van der Waals surface area contributed by atoms with Gasteiger partial charge in [-0.25, -0.2) is 17.9 Å². The van der Waals surface area contributed by atoms with E-state index < -0.39 is 15.8 Å². The molecule has 10 heteroatoms. The maximum Gasteiger partial charge on any atom is 0.256 e. The highest BCUT2D eigenvalue weighted by molar-refractivity contribution is 7.89. The Morgan fingerprint density at radius 3 is 2.38 bits per heavy atom. The monoisotopic (exact) mass is 420 g/mol. The van der Waals surface area contributed by atoms with Crippen molar-refractivity contribution in [1.82, 2.24) is 9.80 Å². The van der Waals surface area contributed by atoms with Crippen LogP contribution in [0.3, 0.4) is 0 Å². The number of nitrogens with zero attached hydrogens (tertiary/aromatic N) is 2. The number of carbonyl (C=O) groups excluding carboxylic acids is 2. The van der Waals surface area contributed by atoms with Crippen molar-refractivity contribution >= 4 is 27.5 Å². The van der Waals surface area contributed by atoms with Crippen LogP contribution in [0.25, 0.3) is 0 Å². The zero-order chi connectivity index (χ0) is 21.0. The molecule has 1 heterocycles. The number of rotatable bonds is 5. The maximum absolute atomic E-state index is 13.8. The lowest BCUT2D eigenvalue weighted by atomic mass is 10.1. The quantitative estimate of drug-likeness (QED) is 0.745. The van der Waals surface area contributed by atoms with Crippen LogP contribution in [-0.2, 0) is 14.8 Å². The van der Waals surface area contributed by atoms with Crippen LogP contribution in [-0.4, -0.2) is 62.8 Å². The van der Waals surface area contributed by atoms with Crippen molar-refractivity contribution in [2.24, 2.45) is 5.14 Å². The van der Waals surface area contributed by atoms with Crippen LogP contribution in [0.15, 0.2) is 53.4 Å². The third kappa shape index (κ3) is 5.37. The van der Waals surface area contributed by atoms with E-state index in [4.69, 9.17) is 5.14 Å². The Balaban J connectivity index is 1.53. The summed E-state index contributed by atoms with van der Waals surface area (Å²) in [6.07, 6.45) is 0. The molecule has 0 aromatic heterocycles. The number of amides is 2. The molecule has 2 aromatic rings. The number of halogens is 1. The average molecular weight is 420 g/mol. The van der Waals surface area contributed by atoms with Crippen LogP contribution in [0.2, 0.25) is 0 Å². The van der Waals surface area contributed by atoms with Crippen molar-refractivity contribution in [2.45, 2.75) is 4.90 Å². The fourth-order valence-corrected chi connectivity index (χ4v) is 3.63. The summed E-state index contributed by atoms with van der Waals surface area (Å²) in [5.41, 5.74) is 0.364. The lowest BCUT2D eigenvalue weighted by Gasteiger charge is -2.34. The molecule has 1 saturated heterocycles. The Bertz CT molecular complexity index is 1020. The standard InChI is InChI=1S/C19H21FN4O4S/c20-17-7-2-1-6-16(17)19(26)24-10-8-23(9-11-24)13-18(25)22-14-4-3-5-15(12-14)29(21,27)28/h1-7,12H,8-11,13H2,(H,22,25)(H2,21,27,28). The minimum absolute atomic E-state index is 0.0356. The highest BCUT2D eigenvalue weighted by atomic mass is 32.2. The third-order valence-corrected chi connectivity index (χ3v) is 5.49. The van der Waals surface area contributed by atoms with Crippen LogP contribution < -0.4 is 10.5 Å². The van der Waals surface area contributed by atoms with Gasteiger partial charge >= 0.3 is 0 Å². The molecule has 3 rings (SSSR count). The molecule has 0 radical (unpaired) electrons. The van der Waals surface area contributed by atoms with E-state index in [0.29, 0.717) is 31.9 Å². The number of anilines is 1. The molecule has 0 spiro atoms. The highest BCUT2D eigenvalue weighted by Crippen LogP contribution is 2.15. The van der Waals surface area contributed by atoms with E-state index in [2.05, 4.69) is 5.32 Å². The van der Waals surface area contributed by atoms with Gasteiger partial charge in [0.1, 0.15) is 5.82 Å². The van der Waals surface area contributed by atoms with Crippen LogP contribution in [0.1, 0.15) is 10.4 Å². The Labute approximate surface area is 168 Å². The van der Waals surface area contributed by atoms with Crippen LogP contribution in [0.5, 0.6) is 0 Å². The number of hydrogen-bond acceptors (Lipinski definition) is 5. The number of piperazine rings is 1. The summed E-state index contributed by atoms with van der Waals surface area (Å²) >= 11 is 0. The van der Waals surface area contributed by atoms with Crippen molar-refractivity contribution in [3.8, 4) is 0 Å². The first-order valence-electron chi connectivity index (χ1n) is 8.93. The van der Waals surface area contributed by atoms with E-state index in [-0.39, 0.29) is 28.8 Å². The molecule has 0 atom stereocenters. The normalized spacial score (nSPS) is 15.2. The molecule has 2 amide bonds. The molecule has 1 aliphatic heterocycles. The van der Waals surface area contributed by atoms with Gasteiger partial charge in [0.15, 0.2) is 0 Å². The average Bonchev–Trinajstić information content (AvgIpc) is 2.68. The van der Waals surface area contributed by atoms with E-state index in [9.17, 15) is 22.4 Å². The first kappa shape index (κ1) is 20.9. The molecule has 154 valence electrons. The number of carbonyl (C=O) groups is 2. The summed E-state index contributed by atoms with van der Waals surface area (Å²) in [5.74, 6) is -1.24. The van der Waals surface area contributed by atoms with Crippen LogP contribution in [0, 0.1) is 5.82 Å². The number of primary sulfonamides is 1. The lowest BCUT2D eigenvalue weighted by Crippen LogP contribution is -2.50. The van der Waals surface area contributed by atoms with Crippen molar-refractivity contribution < 1.29 is 22.4 Å². The molecule has 0 aliphatic carbocycles. The van der Waals surface area contributed by atoms with E-state index in [1.54, 1.807) is 17.0 Å². The molecule has 0 bridgehead atoms. The Hall–Kier alpha value is -2.82. The highest BCUT2D eigenvalue weighted by Gasteiger charge is 2.24. The van der Waals surface area contributed by atoms with E-state index in [1.807, 2.05) is 4.90 Å². The second kappa shape index (κ2) is 8.68. The second-order valence-corrected chi connectivity index (χ2v) is 8.23. The van der Waals surface area contributed by atoms with Crippen molar-refractivity contribution in [3.05, 3.63) is 59.9 Å². The fourth-order valence-electron chi connectivity index (χ4n) is 3.07. The van der Waals surface area contributed by atoms with Crippen LogP contribution in [0.4, 0.5) is 10.1 Å². The number of nitrogens with one attached hydrogen (secondary N) is 1. The molecule has 1 aliphatic rings. The summed E-state index contributed by atoms with van der Waals surface area (Å²) in [6, 6.07) is 11.5. The van der Waals surface area contributed by atoms with Crippen molar-refractivity contribution in [1.29, 1.82) is 0 Å². The lowest BCUT2D eigenvalue weighted by molar-refractivity contribution is -0.117. The van der Waals surface area contributed by atoms with Gasteiger partial charge < -0.3 is 10.2 Å². The SMILES string of the molecule is NS(=O)(=O)c1cccc(NC(=O)CN2CCN(C(=O)c3ccccc3F)CC2)c1. The zero-order valence-electron chi connectivity index (χ0n) is 15.5. The number of benzene rings is 2.